The number of hydrogen-bond acceptors (Lipinski definition) is 2. The third kappa shape index (κ3) is 3.54. The maximum Gasteiger partial charge on any atom is 0.246 e. The Morgan fingerprint density at radius 2 is 2.00 bits per heavy atom. The molecule has 1 aromatic rings. The van der Waals surface area contributed by atoms with Crippen LogP contribution >= 0.6 is 22.6 Å². The van der Waals surface area contributed by atoms with Crippen molar-refractivity contribution in [2.24, 2.45) is 0 Å². The summed E-state index contributed by atoms with van der Waals surface area (Å²) in [5.41, 5.74) is 1.08. The highest BCUT2D eigenvalue weighted by molar-refractivity contribution is 14.1. The van der Waals surface area contributed by atoms with Crippen LogP contribution in [0.1, 0.15) is 5.56 Å². The van der Waals surface area contributed by atoms with Gasteiger partial charge in [0.15, 0.2) is 0 Å². The van der Waals surface area contributed by atoms with Gasteiger partial charge < -0.3 is 9.64 Å². The number of halogens is 1. The van der Waals surface area contributed by atoms with E-state index < -0.39 is 0 Å². The Kier molecular flexibility index (Phi) is 4.56. The van der Waals surface area contributed by atoms with Gasteiger partial charge in [0.1, 0.15) is 0 Å². The summed E-state index contributed by atoms with van der Waals surface area (Å²) in [6, 6.07) is 7.99. The van der Waals surface area contributed by atoms with E-state index >= 15 is 0 Å². The first-order valence-electron chi connectivity index (χ1n) is 5.56. The van der Waals surface area contributed by atoms with Gasteiger partial charge in [-0.1, -0.05) is 18.2 Å². The number of morpholine rings is 1. The van der Waals surface area contributed by atoms with E-state index in [9.17, 15) is 4.79 Å². The maximum absolute atomic E-state index is 11.9. The highest BCUT2D eigenvalue weighted by Crippen LogP contribution is 2.13. The summed E-state index contributed by atoms with van der Waals surface area (Å²) in [6.45, 7) is 2.66. The van der Waals surface area contributed by atoms with Gasteiger partial charge in [0.2, 0.25) is 5.91 Å². The molecule has 0 bridgehead atoms. The predicted molar refractivity (Wildman–Crippen MR) is 75.6 cm³/mol. The van der Waals surface area contributed by atoms with Crippen LogP contribution in [0.15, 0.2) is 30.3 Å². The third-order valence-electron chi connectivity index (χ3n) is 2.63. The lowest BCUT2D eigenvalue weighted by Gasteiger charge is -2.25. The van der Waals surface area contributed by atoms with Gasteiger partial charge in [0.05, 0.1) is 13.2 Å². The van der Waals surface area contributed by atoms with Gasteiger partial charge in [-0.2, -0.15) is 0 Å². The molecule has 1 aromatic carbocycles. The first kappa shape index (κ1) is 12.6. The SMILES string of the molecule is O=C(/C=C/c1ccccc1I)N1CCOCC1. The van der Waals surface area contributed by atoms with Gasteiger partial charge in [-0.15, -0.1) is 0 Å². The van der Waals surface area contributed by atoms with Crippen LogP contribution in [-0.2, 0) is 9.53 Å². The molecule has 1 aliphatic heterocycles. The molecule has 0 radical (unpaired) electrons. The van der Waals surface area contributed by atoms with Crippen molar-refractivity contribution >= 4 is 34.6 Å². The Morgan fingerprint density at radius 3 is 2.71 bits per heavy atom. The average Bonchev–Trinajstić information content (AvgIpc) is 2.38. The number of nitrogens with zero attached hydrogens (tertiary/aromatic N) is 1. The van der Waals surface area contributed by atoms with Crippen molar-refractivity contribution in [3.8, 4) is 0 Å². The molecular formula is C13H14INO2. The number of ether oxygens (including phenoxy) is 1. The van der Waals surface area contributed by atoms with E-state index in [0.29, 0.717) is 26.3 Å². The summed E-state index contributed by atoms with van der Waals surface area (Å²) in [6.07, 6.45) is 3.52. The summed E-state index contributed by atoms with van der Waals surface area (Å²) in [5, 5.41) is 0. The Balaban J connectivity index is 2.00. The maximum atomic E-state index is 11.9. The highest BCUT2D eigenvalue weighted by atomic mass is 127. The molecule has 0 unspecified atom stereocenters. The van der Waals surface area contributed by atoms with E-state index in [2.05, 4.69) is 22.6 Å². The fourth-order valence-electron chi connectivity index (χ4n) is 1.66. The van der Waals surface area contributed by atoms with Crippen LogP contribution in [-0.4, -0.2) is 37.1 Å². The summed E-state index contributed by atoms with van der Waals surface area (Å²) in [7, 11) is 0. The van der Waals surface area contributed by atoms with Crippen molar-refractivity contribution in [2.45, 2.75) is 0 Å². The van der Waals surface area contributed by atoms with Crippen LogP contribution in [0.3, 0.4) is 0 Å². The van der Waals surface area contributed by atoms with E-state index in [1.165, 1.54) is 0 Å². The Morgan fingerprint density at radius 1 is 1.29 bits per heavy atom. The van der Waals surface area contributed by atoms with Gasteiger partial charge in [-0.05, 0) is 40.3 Å². The molecule has 1 fully saturated rings. The molecule has 0 atom stereocenters. The Bertz CT molecular complexity index is 425. The summed E-state index contributed by atoms with van der Waals surface area (Å²) >= 11 is 2.27. The molecule has 1 amide bonds. The van der Waals surface area contributed by atoms with Crippen molar-refractivity contribution in [3.63, 3.8) is 0 Å². The highest BCUT2D eigenvalue weighted by Gasteiger charge is 2.13. The molecule has 0 aromatic heterocycles. The summed E-state index contributed by atoms with van der Waals surface area (Å²) < 4.78 is 6.36. The average molecular weight is 343 g/mol. The second-order valence-corrected chi connectivity index (χ2v) is 4.95. The topological polar surface area (TPSA) is 29.5 Å². The third-order valence-corrected chi connectivity index (χ3v) is 3.62. The molecule has 1 heterocycles. The number of amides is 1. The summed E-state index contributed by atoms with van der Waals surface area (Å²) in [5.74, 6) is 0.0629. The van der Waals surface area contributed by atoms with Crippen LogP contribution in [0.4, 0.5) is 0 Å². The zero-order valence-corrected chi connectivity index (χ0v) is 11.6. The van der Waals surface area contributed by atoms with Gasteiger partial charge in [0, 0.05) is 22.7 Å². The second kappa shape index (κ2) is 6.16. The number of rotatable bonds is 2. The van der Waals surface area contributed by atoms with Crippen molar-refractivity contribution in [3.05, 3.63) is 39.5 Å². The molecular weight excluding hydrogens is 329 g/mol. The van der Waals surface area contributed by atoms with Crippen molar-refractivity contribution in [1.29, 1.82) is 0 Å². The number of carbonyl (C=O) groups excluding carboxylic acids is 1. The van der Waals surface area contributed by atoms with Gasteiger partial charge in [-0.25, -0.2) is 0 Å². The number of carbonyl (C=O) groups is 1. The normalized spacial score (nSPS) is 16.4. The Hall–Kier alpha value is -0.880. The first-order valence-corrected chi connectivity index (χ1v) is 6.64. The fourth-order valence-corrected chi connectivity index (χ4v) is 2.23. The molecule has 0 N–H and O–H groups in total. The minimum atomic E-state index is 0.0629. The van der Waals surface area contributed by atoms with E-state index in [0.717, 1.165) is 9.13 Å². The predicted octanol–water partition coefficient (Wildman–Crippen LogP) is 2.16. The van der Waals surface area contributed by atoms with Crippen molar-refractivity contribution < 1.29 is 9.53 Å². The molecule has 4 heteroatoms. The number of benzene rings is 1. The lowest BCUT2D eigenvalue weighted by atomic mass is 10.2. The smallest absolute Gasteiger partial charge is 0.246 e. The van der Waals surface area contributed by atoms with Crippen LogP contribution in [0.5, 0.6) is 0 Å². The van der Waals surface area contributed by atoms with Crippen LogP contribution in [0.2, 0.25) is 0 Å². The molecule has 1 saturated heterocycles. The van der Waals surface area contributed by atoms with Crippen LogP contribution in [0, 0.1) is 3.57 Å². The molecule has 90 valence electrons. The van der Waals surface area contributed by atoms with E-state index in [1.54, 1.807) is 6.08 Å². The van der Waals surface area contributed by atoms with Gasteiger partial charge in [0.25, 0.3) is 0 Å². The van der Waals surface area contributed by atoms with Crippen molar-refractivity contribution in [1.82, 2.24) is 4.90 Å². The van der Waals surface area contributed by atoms with Crippen molar-refractivity contribution in [2.75, 3.05) is 26.3 Å². The monoisotopic (exact) mass is 343 g/mol. The molecule has 17 heavy (non-hydrogen) atoms. The quantitative estimate of drug-likeness (QED) is 0.609. The first-order chi connectivity index (χ1) is 8.27. The molecule has 3 nitrogen and oxygen atoms in total. The largest absolute Gasteiger partial charge is 0.378 e. The molecule has 0 spiro atoms. The zero-order valence-electron chi connectivity index (χ0n) is 9.43. The molecule has 2 rings (SSSR count). The zero-order chi connectivity index (χ0) is 12.1. The lowest BCUT2D eigenvalue weighted by Crippen LogP contribution is -2.39. The van der Waals surface area contributed by atoms with E-state index in [1.807, 2.05) is 35.2 Å². The van der Waals surface area contributed by atoms with Gasteiger partial charge in [-0.3, -0.25) is 4.79 Å². The molecule has 1 aliphatic rings. The fraction of sp³-hybridized carbons (Fsp3) is 0.308. The molecule has 0 aliphatic carbocycles. The second-order valence-electron chi connectivity index (χ2n) is 3.79. The van der Waals surface area contributed by atoms with Crippen LogP contribution < -0.4 is 0 Å². The standard InChI is InChI=1S/C13H14INO2/c14-12-4-2-1-3-11(12)5-6-13(16)15-7-9-17-10-8-15/h1-6H,7-10H2/b6-5+. The Labute approximate surface area is 115 Å². The number of hydrogen-bond donors (Lipinski definition) is 0. The molecule has 0 saturated carbocycles. The minimum absolute atomic E-state index is 0.0629. The lowest BCUT2D eigenvalue weighted by molar-refractivity contribution is -0.129. The minimum Gasteiger partial charge on any atom is -0.378 e. The van der Waals surface area contributed by atoms with Crippen LogP contribution in [0.25, 0.3) is 6.08 Å². The van der Waals surface area contributed by atoms with E-state index in [4.69, 9.17) is 4.74 Å². The van der Waals surface area contributed by atoms with E-state index in [-0.39, 0.29) is 5.91 Å². The van der Waals surface area contributed by atoms with Gasteiger partial charge >= 0.3 is 0 Å². The summed E-state index contributed by atoms with van der Waals surface area (Å²) in [4.78, 5) is 13.7.